The number of aromatic nitrogens is 6. The van der Waals surface area contributed by atoms with Crippen LogP contribution in [0.25, 0.3) is 27.8 Å². The second kappa shape index (κ2) is 5.79. The minimum Gasteiger partial charge on any atom is -0.476 e. The van der Waals surface area contributed by atoms with E-state index in [-0.39, 0.29) is 0 Å². The van der Waals surface area contributed by atoms with Crippen molar-refractivity contribution in [3.63, 3.8) is 0 Å². The molecule has 4 heterocycles. The molecule has 0 bridgehead atoms. The van der Waals surface area contributed by atoms with Crippen LogP contribution in [0.15, 0.2) is 30.9 Å². The van der Waals surface area contributed by atoms with E-state index in [1.807, 2.05) is 18.5 Å². The van der Waals surface area contributed by atoms with Gasteiger partial charge in [0.05, 0.1) is 12.1 Å². The quantitative estimate of drug-likeness (QED) is 0.551. The highest BCUT2D eigenvalue weighted by atomic mass is 16.5. The van der Waals surface area contributed by atoms with Gasteiger partial charge in [0.1, 0.15) is 17.7 Å². The van der Waals surface area contributed by atoms with Crippen molar-refractivity contribution in [2.75, 3.05) is 6.61 Å². The number of imidazole rings is 1. The van der Waals surface area contributed by atoms with Crippen molar-refractivity contribution in [1.82, 2.24) is 29.1 Å². The van der Waals surface area contributed by atoms with Gasteiger partial charge in [0.15, 0.2) is 5.65 Å². The van der Waals surface area contributed by atoms with Crippen molar-refractivity contribution < 1.29 is 4.74 Å². The molecule has 7 heteroatoms. The van der Waals surface area contributed by atoms with Crippen LogP contribution in [0, 0.1) is 6.92 Å². The number of fused-ring (bicyclic) bond motifs is 2. The SMILES string of the molecule is CCCOc1ncnn2ccc(-c3cnc4nc(C)n(C5CC5)c4c3)c12. The Morgan fingerprint density at radius 3 is 2.96 bits per heavy atom. The number of pyridine rings is 1. The Kier molecular flexibility index (Phi) is 3.41. The Balaban J connectivity index is 1.69. The highest BCUT2D eigenvalue weighted by Gasteiger charge is 2.27. The van der Waals surface area contributed by atoms with Crippen molar-refractivity contribution in [3.05, 3.63) is 36.7 Å². The number of hydrogen-bond donors (Lipinski definition) is 0. The number of nitrogens with zero attached hydrogens (tertiary/aromatic N) is 6. The first-order valence-electron chi connectivity index (χ1n) is 9.06. The molecule has 5 rings (SSSR count). The van der Waals surface area contributed by atoms with Gasteiger partial charge in [0.2, 0.25) is 5.88 Å². The van der Waals surface area contributed by atoms with E-state index in [1.165, 1.54) is 19.2 Å². The molecule has 1 aliphatic rings. The fraction of sp³-hybridized carbons (Fsp3) is 0.368. The molecule has 1 fully saturated rings. The van der Waals surface area contributed by atoms with Crippen molar-refractivity contribution in [2.24, 2.45) is 0 Å². The van der Waals surface area contributed by atoms with Crippen LogP contribution in [0.5, 0.6) is 5.88 Å². The zero-order chi connectivity index (χ0) is 17.7. The molecule has 0 aliphatic heterocycles. The van der Waals surface area contributed by atoms with Gasteiger partial charge in [-0.2, -0.15) is 10.1 Å². The van der Waals surface area contributed by atoms with E-state index in [0.29, 0.717) is 18.5 Å². The summed E-state index contributed by atoms with van der Waals surface area (Å²) in [4.78, 5) is 13.6. The highest BCUT2D eigenvalue weighted by Crippen LogP contribution is 2.39. The molecular weight excluding hydrogens is 328 g/mol. The lowest BCUT2D eigenvalue weighted by molar-refractivity contribution is 0.307. The fourth-order valence-corrected chi connectivity index (χ4v) is 3.50. The predicted molar refractivity (Wildman–Crippen MR) is 98.3 cm³/mol. The minimum absolute atomic E-state index is 0.564. The monoisotopic (exact) mass is 348 g/mol. The van der Waals surface area contributed by atoms with E-state index in [2.05, 4.69) is 44.5 Å². The third-order valence-electron chi connectivity index (χ3n) is 4.81. The zero-order valence-corrected chi connectivity index (χ0v) is 14.9. The lowest BCUT2D eigenvalue weighted by atomic mass is 10.1. The fourth-order valence-electron chi connectivity index (χ4n) is 3.50. The number of aryl methyl sites for hydroxylation is 1. The standard InChI is InChI=1S/C19H20N6O/c1-3-8-26-19-17-15(6-7-24(17)22-11-21-19)13-9-16-18(20-10-13)23-12(2)25(16)14-4-5-14/h6-7,9-11,14H,3-5,8H2,1-2H3. The molecule has 0 radical (unpaired) electrons. The Morgan fingerprint density at radius 1 is 1.27 bits per heavy atom. The normalized spacial score (nSPS) is 14.4. The second-order valence-electron chi connectivity index (χ2n) is 6.76. The minimum atomic E-state index is 0.564. The van der Waals surface area contributed by atoms with E-state index in [4.69, 9.17) is 4.74 Å². The molecule has 1 saturated carbocycles. The molecule has 0 aromatic carbocycles. The van der Waals surface area contributed by atoms with Gasteiger partial charge in [-0.05, 0) is 38.3 Å². The summed E-state index contributed by atoms with van der Waals surface area (Å²) in [7, 11) is 0. The molecule has 1 aliphatic carbocycles. The average molecular weight is 348 g/mol. The van der Waals surface area contributed by atoms with Crippen LogP contribution in [0.2, 0.25) is 0 Å². The Labute approximate surface area is 150 Å². The molecule has 132 valence electrons. The molecule has 0 spiro atoms. The van der Waals surface area contributed by atoms with Gasteiger partial charge < -0.3 is 9.30 Å². The van der Waals surface area contributed by atoms with Gasteiger partial charge in [-0.25, -0.2) is 14.5 Å². The summed E-state index contributed by atoms with van der Waals surface area (Å²) >= 11 is 0. The third kappa shape index (κ3) is 2.34. The molecule has 0 N–H and O–H groups in total. The summed E-state index contributed by atoms with van der Waals surface area (Å²) in [5, 5.41) is 4.31. The Bertz CT molecular complexity index is 1110. The first-order chi connectivity index (χ1) is 12.8. The summed E-state index contributed by atoms with van der Waals surface area (Å²) in [5.74, 6) is 1.64. The molecule has 7 nitrogen and oxygen atoms in total. The molecular formula is C19H20N6O. The average Bonchev–Trinajstić information content (AvgIpc) is 3.29. The summed E-state index contributed by atoms with van der Waals surface area (Å²) < 4.78 is 9.96. The lowest BCUT2D eigenvalue weighted by Gasteiger charge is -2.08. The highest BCUT2D eigenvalue weighted by molar-refractivity contribution is 5.88. The van der Waals surface area contributed by atoms with Crippen LogP contribution in [0.3, 0.4) is 0 Å². The lowest BCUT2D eigenvalue weighted by Crippen LogP contribution is -2.02. The first kappa shape index (κ1) is 15.3. The Morgan fingerprint density at radius 2 is 2.15 bits per heavy atom. The van der Waals surface area contributed by atoms with E-state index in [9.17, 15) is 0 Å². The molecule has 4 aromatic heterocycles. The maximum absolute atomic E-state index is 5.84. The predicted octanol–water partition coefficient (Wildman–Crippen LogP) is 3.57. The van der Waals surface area contributed by atoms with Crippen LogP contribution in [-0.4, -0.2) is 35.7 Å². The maximum atomic E-state index is 5.84. The van der Waals surface area contributed by atoms with Gasteiger partial charge in [0.25, 0.3) is 0 Å². The van der Waals surface area contributed by atoms with E-state index < -0.39 is 0 Å². The van der Waals surface area contributed by atoms with Crippen LogP contribution < -0.4 is 4.74 Å². The second-order valence-corrected chi connectivity index (χ2v) is 6.76. The first-order valence-corrected chi connectivity index (χ1v) is 9.06. The molecule has 4 aromatic rings. The van der Waals surface area contributed by atoms with Crippen LogP contribution >= 0.6 is 0 Å². The summed E-state index contributed by atoms with van der Waals surface area (Å²) in [5.41, 5.74) is 4.82. The van der Waals surface area contributed by atoms with Gasteiger partial charge in [-0.1, -0.05) is 6.92 Å². The zero-order valence-electron chi connectivity index (χ0n) is 14.9. The van der Waals surface area contributed by atoms with Crippen molar-refractivity contribution >= 4 is 16.7 Å². The van der Waals surface area contributed by atoms with Crippen LogP contribution in [-0.2, 0) is 0 Å². The maximum Gasteiger partial charge on any atom is 0.242 e. The molecule has 0 unspecified atom stereocenters. The topological polar surface area (TPSA) is 70.1 Å². The van der Waals surface area contributed by atoms with E-state index in [0.717, 1.165) is 40.1 Å². The van der Waals surface area contributed by atoms with E-state index >= 15 is 0 Å². The van der Waals surface area contributed by atoms with Crippen molar-refractivity contribution in [3.8, 4) is 17.0 Å². The van der Waals surface area contributed by atoms with Crippen molar-refractivity contribution in [2.45, 2.75) is 39.2 Å². The van der Waals surface area contributed by atoms with Gasteiger partial charge >= 0.3 is 0 Å². The summed E-state index contributed by atoms with van der Waals surface area (Å²) in [6, 6.07) is 4.78. The number of rotatable bonds is 5. The number of ether oxygens (including phenoxy) is 1. The Hall–Kier alpha value is -2.96. The number of hydrogen-bond acceptors (Lipinski definition) is 5. The largest absolute Gasteiger partial charge is 0.476 e. The molecule has 26 heavy (non-hydrogen) atoms. The van der Waals surface area contributed by atoms with E-state index in [1.54, 1.807) is 4.52 Å². The molecule has 0 saturated heterocycles. The molecule has 0 atom stereocenters. The van der Waals surface area contributed by atoms with Gasteiger partial charge in [-0.3, -0.25) is 0 Å². The third-order valence-corrected chi connectivity index (χ3v) is 4.81. The van der Waals surface area contributed by atoms with Gasteiger partial charge in [-0.15, -0.1) is 0 Å². The molecule has 0 amide bonds. The summed E-state index contributed by atoms with van der Waals surface area (Å²) in [6.07, 6.45) is 8.69. The summed E-state index contributed by atoms with van der Waals surface area (Å²) in [6.45, 7) is 4.76. The van der Waals surface area contributed by atoms with Crippen molar-refractivity contribution in [1.29, 1.82) is 0 Å². The van der Waals surface area contributed by atoms with Crippen LogP contribution in [0.4, 0.5) is 0 Å². The van der Waals surface area contributed by atoms with Crippen LogP contribution in [0.1, 0.15) is 38.1 Å². The van der Waals surface area contributed by atoms with Gasteiger partial charge in [0, 0.05) is 29.6 Å². The smallest absolute Gasteiger partial charge is 0.242 e.